The number of halogens is 1. The van der Waals surface area contributed by atoms with Gasteiger partial charge in [-0.05, 0) is 26.0 Å². The molecule has 0 bridgehead atoms. The van der Waals surface area contributed by atoms with Gasteiger partial charge in [0.05, 0.1) is 6.42 Å². The number of ether oxygens (including phenoxy) is 1. The number of hydrogen-bond donors (Lipinski definition) is 1. The van der Waals surface area contributed by atoms with E-state index in [0.717, 1.165) is 11.4 Å². The number of benzene rings is 1. The molecule has 0 fully saturated rings. The van der Waals surface area contributed by atoms with Crippen molar-refractivity contribution in [1.29, 1.82) is 0 Å². The van der Waals surface area contributed by atoms with Gasteiger partial charge in [-0.15, -0.1) is 0 Å². The predicted molar refractivity (Wildman–Crippen MR) is 97.0 cm³/mol. The van der Waals surface area contributed by atoms with Gasteiger partial charge in [0, 0.05) is 30.1 Å². The van der Waals surface area contributed by atoms with Crippen molar-refractivity contribution in [3.63, 3.8) is 0 Å². The van der Waals surface area contributed by atoms with Crippen LogP contribution in [0.15, 0.2) is 41.1 Å². The number of rotatable bonds is 6. The average molecular weight is 375 g/mol. The van der Waals surface area contributed by atoms with E-state index >= 15 is 0 Å². The minimum absolute atomic E-state index is 0.0539. The quantitative estimate of drug-likeness (QED) is 0.714. The summed E-state index contributed by atoms with van der Waals surface area (Å²) < 4.78 is 13.3. The number of amides is 1. The maximum Gasteiger partial charge on any atom is 0.308 e. The highest BCUT2D eigenvalue weighted by Gasteiger charge is 2.37. The molecule has 2 N–H and O–H groups in total. The Hall–Kier alpha value is -2.64. The first kappa shape index (κ1) is 18.2. The molecule has 1 aromatic carbocycles. The highest BCUT2D eigenvalue weighted by molar-refractivity contribution is 6.30. The van der Waals surface area contributed by atoms with Crippen molar-refractivity contribution < 1.29 is 13.9 Å². The molecule has 0 aliphatic heterocycles. The summed E-state index contributed by atoms with van der Waals surface area (Å²) in [6.07, 6.45) is 3.34. The van der Waals surface area contributed by atoms with Gasteiger partial charge in [0.15, 0.2) is 5.76 Å². The topological polar surface area (TPSA) is 96.2 Å². The first-order valence-corrected chi connectivity index (χ1v) is 8.33. The van der Waals surface area contributed by atoms with Gasteiger partial charge in [-0.1, -0.05) is 23.7 Å². The first-order chi connectivity index (χ1) is 12.3. The van der Waals surface area contributed by atoms with Crippen molar-refractivity contribution in [2.24, 2.45) is 5.73 Å². The summed E-state index contributed by atoms with van der Waals surface area (Å²) >= 11 is 5.99. The van der Waals surface area contributed by atoms with Crippen molar-refractivity contribution in [2.75, 3.05) is 7.11 Å². The molecule has 2 aromatic heterocycles. The molecule has 7 nitrogen and oxygen atoms in total. The number of carbonyl (C=O) groups is 1. The number of nitrogens with two attached hydrogens (primary N) is 1. The van der Waals surface area contributed by atoms with E-state index in [9.17, 15) is 4.79 Å². The van der Waals surface area contributed by atoms with Crippen molar-refractivity contribution >= 4 is 17.5 Å². The predicted octanol–water partition coefficient (Wildman–Crippen LogP) is 3.23. The Morgan fingerprint density at radius 2 is 2.08 bits per heavy atom. The van der Waals surface area contributed by atoms with Crippen molar-refractivity contribution in [3.8, 4) is 17.3 Å². The third-order valence-electron chi connectivity index (χ3n) is 4.21. The van der Waals surface area contributed by atoms with Crippen LogP contribution in [0.5, 0.6) is 0 Å². The molecule has 0 aliphatic carbocycles. The van der Waals surface area contributed by atoms with Gasteiger partial charge in [0.1, 0.15) is 17.1 Å². The lowest BCUT2D eigenvalue weighted by Crippen LogP contribution is -2.31. The molecule has 1 unspecified atom stereocenters. The molecule has 26 heavy (non-hydrogen) atoms. The fraction of sp³-hybridized carbons (Fsp3) is 0.278. The van der Waals surface area contributed by atoms with Crippen LogP contribution in [0.2, 0.25) is 5.02 Å². The summed E-state index contributed by atoms with van der Waals surface area (Å²) in [6.45, 7) is 3.58. The van der Waals surface area contributed by atoms with Crippen LogP contribution in [0.4, 0.5) is 0 Å². The molecule has 1 amide bonds. The Bertz CT molecular complexity index is 932. The molecule has 0 aliphatic rings. The Labute approximate surface area is 155 Å². The molecule has 0 saturated heterocycles. The number of nitrogens with zero attached hydrogens (tertiary/aromatic N) is 3. The van der Waals surface area contributed by atoms with Crippen LogP contribution in [-0.2, 0) is 15.1 Å². The highest BCUT2D eigenvalue weighted by atomic mass is 35.5. The van der Waals surface area contributed by atoms with E-state index in [1.807, 2.05) is 19.1 Å². The normalized spacial score (nSPS) is 13.5. The monoisotopic (exact) mass is 374 g/mol. The molecule has 0 spiro atoms. The van der Waals surface area contributed by atoms with Crippen LogP contribution >= 0.6 is 11.6 Å². The maximum atomic E-state index is 11.6. The smallest absolute Gasteiger partial charge is 0.308 e. The van der Waals surface area contributed by atoms with Crippen LogP contribution in [0.1, 0.15) is 24.9 Å². The zero-order valence-electron chi connectivity index (χ0n) is 14.7. The fourth-order valence-corrected chi connectivity index (χ4v) is 2.86. The summed E-state index contributed by atoms with van der Waals surface area (Å²) in [5.74, 6) is 0.617. The number of hydrogen-bond acceptors (Lipinski definition) is 5. The zero-order valence-corrected chi connectivity index (χ0v) is 15.4. The Balaban J connectivity index is 2.20. The van der Waals surface area contributed by atoms with Crippen LogP contribution < -0.4 is 5.73 Å². The maximum absolute atomic E-state index is 11.6. The van der Waals surface area contributed by atoms with Crippen LogP contribution in [0, 0.1) is 6.92 Å². The number of carbonyl (C=O) groups excluding carboxylic acids is 1. The van der Waals surface area contributed by atoms with Gasteiger partial charge in [0.2, 0.25) is 5.91 Å². The first-order valence-electron chi connectivity index (χ1n) is 7.95. The zero-order chi connectivity index (χ0) is 18.9. The third-order valence-corrected chi connectivity index (χ3v) is 4.46. The number of imidazole rings is 1. The lowest BCUT2D eigenvalue weighted by molar-refractivity contribution is -0.125. The Morgan fingerprint density at radius 3 is 2.62 bits per heavy atom. The number of primary amides is 1. The second kappa shape index (κ2) is 6.93. The number of methoxy groups -OCH3 is 1. The largest absolute Gasteiger partial charge is 0.424 e. The lowest BCUT2D eigenvalue weighted by Gasteiger charge is -2.25. The Kier molecular flexibility index (Phi) is 4.84. The summed E-state index contributed by atoms with van der Waals surface area (Å²) in [5, 5.41) is 0.608. The molecule has 3 rings (SSSR count). The van der Waals surface area contributed by atoms with E-state index in [0.29, 0.717) is 22.5 Å². The second-order valence-electron chi connectivity index (χ2n) is 6.10. The molecular formula is C18H19ClN4O3. The van der Waals surface area contributed by atoms with Crippen LogP contribution in [0.3, 0.4) is 0 Å². The van der Waals surface area contributed by atoms with E-state index in [-0.39, 0.29) is 6.42 Å². The molecule has 1 atom stereocenters. The minimum atomic E-state index is -1.07. The second-order valence-corrected chi connectivity index (χ2v) is 6.54. The van der Waals surface area contributed by atoms with E-state index in [1.54, 1.807) is 36.0 Å². The number of aromatic nitrogens is 3. The van der Waals surface area contributed by atoms with Gasteiger partial charge in [-0.3, -0.25) is 9.36 Å². The number of aryl methyl sites for hydroxylation is 1. The summed E-state index contributed by atoms with van der Waals surface area (Å²) in [7, 11) is 1.50. The lowest BCUT2D eigenvalue weighted by atomic mass is 9.94. The van der Waals surface area contributed by atoms with Gasteiger partial charge in [-0.25, -0.2) is 4.98 Å². The Morgan fingerprint density at radius 1 is 1.38 bits per heavy atom. The molecule has 3 aromatic rings. The van der Waals surface area contributed by atoms with Gasteiger partial charge >= 0.3 is 6.01 Å². The van der Waals surface area contributed by atoms with Gasteiger partial charge in [0.25, 0.3) is 0 Å². The molecular weight excluding hydrogens is 356 g/mol. The van der Waals surface area contributed by atoms with E-state index in [1.165, 1.54) is 7.11 Å². The third kappa shape index (κ3) is 3.36. The molecule has 2 heterocycles. The number of oxazole rings is 1. The molecule has 0 saturated carbocycles. The molecule has 0 radical (unpaired) electrons. The molecule has 8 heteroatoms. The standard InChI is InChI=1S/C18H19ClN4O3/c1-11-21-8-9-23(11)17-22-15(12-4-6-13(19)7-5-12)16(26-17)18(2,25-3)10-14(20)24/h4-9H,10H2,1-3H3,(H2,20,24). The fourth-order valence-electron chi connectivity index (χ4n) is 2.73. The van der Waals surface area contributed by atoms with Crippen molar-refractivity contribution in [1.82, 2.24) is 14.5 Å². The molecule has 136 valence electrons. The van der Waals surface area contributed by atoms with E-state index in [4.69, 9.17) is 26.5 Å². The highest BCUT2D eigenvalue weighted by Crippen LogP contribution is 2.38. The van der Waals surface area contributed by atoms with Crippen molar-refractivity contribution in [3.05, 3.63) is 53.3 Å². The minimum Gasteiger partial charge on any atom is -0.424 e. The van der Waals surface area contributed by atoms with Gasteiger partial charge < -0.3 is 14.9 Å². The van der Waals surface area contributed by atoms with Gasteiger partial charge in [-0.2, -0.15) is 4.98 Å². The van der Waals surface area contributed by atoms with Crippen LogP contribution in [0.25, 0.3) is 17.3 Å². The summed E-state index contributed by atoms with van der Waals surface area (Å²) in [5.41, 5.74) is 5.68. The van der Waals surface area contributed by atoms with E-state index in [2.05, 4.69) is 9.97 Å². The SMILES string of the molecule is COC(C)(CC(N)=O)c1oc(-n2ccnc2C)nc1-c1ccc(Cl)cc1. The van der Waals surface area contributed by atoms with E-state index < -0.39 is 11.5 Å². The van der Waals surface area contributed by atoms with Crippen molar-refractivity contribution in [2.45, 2.75) is 25.9 Å². The average Bonchev–Trinajstić information content (AvgIpc) is 3.21. The summed E-state index contributed by atoms with van der Waals surface area (Å²) in [4.78, 5) is 20.4. The van der Waals surface area contributed by atoms with Crippen LogP contribution in [-0.4, -0.2) is 27.6 Å². The summed E-state index contributed by atoms with van der Waals surface area (Å²) in [6, 6.07) is 7.50.